The fourth-order valence-corrected chi connectivity index (χ4v) is 3.84. The topological polar surface area (TPSA) is 72.2 Å². The summed E-state index contributed by atoms with van der Waals surface area (Å²) in [4.78, 5) is 24.4. The van der Waals surface area contributed by atoms with Crippen molar-refractivity contribution in [2.75, 3.05) is 5.32 Å². The van der Waals surface area contributed by atoms with E-state index in [9.17, 15) is 9.59 Å². The second-order valence-corrected chi connectivity index (χ2v) is 7.36. The molecule has 2 aromatic rings. The van der Waals surface area contributed by atoms with E-state index < -0.39 is 5.91 Å². The molecule has 0 aliphatic rings. The Morgan fingerprint density at radius 3 is 2.71 bits per heavy atom. The molecule has 0 bridgehead atoms. The maximum absolute atomic E-state index is 12.2. The quantitative estimate of drug-likeness (QED) is 0.771. The minimum Gasteiger partial charge on any atom is -0.366 e. The van der Waals surface area contributed by atoms with Gasteiger partial charge in [-0.3, -0.25) is 9.59 Å². The number of amides is 2. The van der Waals surface area contributed by atoms with Crippen LogP contribution >= 0.6 is 39.0 Å². The largest absolute Gasteiger partial charge is 0.366 e. The van der Waals surface area contributed by atoms with Gasteiger partial charge < -0.3 is 11.1 Å². The molecule has 1 aromatic carbocycles. The van der Waals surface area contributed by atoms with Gasteiger partial charge in [0.05, 0.1) is 10.8 Å². The summed E-state index contributed by atoms with van der Waals surface area (Å²) in [5.41, 5.74) is 5.60. The second kappa shape index (κ2) is 7.11. The molecule has 4 nitrogen and oxygen atoms in total. The van der Waals surface area contributed by atoms with Gasteiger partial charge in [-0.25, -0.2) is 0 Å². The maximum atomic E-state index is 12.2. The summed E-state index contributed by atoms with van der Waals surface area (Å²) >= 11 is 6.18. The Hall–Kier alpha value is -1.31. The molecule has 0 saturated heterocycles. The Labute approximate surface area is 139 Å². The fraction of sp³-hybridized carbons (Fsp3) is 0.143. The van der Waals surface area contributed by atoms with Gasteiger partial charge in [-0.05, 0) is 46.4 Å². The first-order chi connectivity index (χ1) is 9.99. The summed E-state index contributed by atoms with van der Waals surface area (Å²) in [6.07, 6.45) is 0. The molecule has 3 N–H and O–H groups in total. The Kier molecular flexibility index (Phi) is 5.44. The van der Waals surface area contributed by atoms with E-state index in [-0.39, 0.29) is 11.2 Å². The number of hydrogen-bond donors (Lipinski definition) is 2. The van der Waals surface area contributed by atoms with Crippen LogP contribution in [0.25, 0.3) is 0 Å². The smallest absolute Gasteiger partial charge is 0.251 e. The number of halogens is 1. The lowest BCUT2D eigenvalue weighted by molar-refractivity contribution is -0.115. The minimum absolute atomic E-state index is 0.166. The van der Waals surface area contributed by atoms with Crippen LogP contribution in [0, 0.1) is 0 Å². The van der Waals surface area contributed by atoms with Crippen molar-refractivity contribution < 1.29 is 9.59 Å². The van der Waals surface area contributed by atoms with Gasteiger partial charge in [-0.1, -0.05) is 12.1 Å². The predicted octanol–water partition coefficient (Wildman–Crippen LogP) is 3.73. The van der Waals surface area contributed by atoms with Gasteiger partial charge in [0.15, 0.2) is 0 Å². The monoisotopic (exact) mass is 384 g/mol. The highest BCUT2D eigenvalue weighted by Gasteiger charge is 2.18. The van der Waals surface area contributed by atoms with Crippen LogP contribution in [0.1, 0.15) is 17.3 Å². The molecular weight excluding hydrogens is 372 g/mol. The predicted molar refractivity (Wildman–Crippen MR) is 90.9 cm³/mol. The van der Waals surface area contributed by atoms with Crippen LogP contribution in [0.15, 0.2) is 45.1 Å². The lowest BCUT2D eigenvalue weighted by Crippen LogP contribution is -2.23. The van der Waals surface area contributed by atoms with E-state index in [1.807, 2.05) is 31.2 Å². The second-order valence-electron chi connectivity index (χ2n) is 4.21. The number of primary amides is 1. The van der Waals surface area contributed by atoms with Gasteiger partial charge in [0.2, 0.25) is 5.91 Å². The molecule has 21 heavy (non-hydrogen) atoms. The molecule has 0 saturated carbocycles. The van der Waals surface area contributed by atoms with Crippen LogP contribution in [-0.2, 0) is 4.79 Å². The number of carbonyl (C=O) groups excluding carboxylic acids is 2. The highest BCUT2D eigenvalue weighted by Crippen LogP contribution is 2.31. The first-order valence-corrected chi connectivity index (χ1v) is 8.63. The Morgan fingerprint density at radius 2 is 2.05 bits per heavy atom. The molecule has 0 aliphatic carbocycles. The van der Waals surface area contributed by atoms with E-state index in [1.54, 1.807) is 11.4 Å². The molecule has 2 amide bonds. The van der Waals surface area contributed by atoms with E-state index in [4.69, 9.17) is 5.73 Å². The third-order valence-corrected chi connectivity index (χ3v) is 5.64. The molecule has 7 heteroatoms. The number of thioether (sulfide) groups is 1. The van der Waals surface area contributed by atoms with Crippen molar-refractivity contribution in [1.82, 2.24) is 0 Å². The van der Waals surface area contributed by atoms with Crippen LogP contribution in [0.2, 0.25) is 0 Å². The number of rotatable bonds is 5. The number of hydrogen-bond acceptors (Lipinski definition) is 4. The average Bonchev–Trinajstić information content (AvgIpc) is 2.89. The van der Waals surface area contributed by atoms with Crippen LogP contribution < -0.4 is 11.1 Å². The van der Waals surface area contributed by atoms with Crippen molar-refractivity contribution in [2.24, 2.45) is 5.73 Å². The first-order valence-electron chi connectivity index (χ1n) is 6.08. The summed E-state index contributed by atoms with van der Waals surface area (Å²) in [6, 6.07) is 9.32. The van der Waals surface area contributed by atoms with Crippen molar-refractivity contribution in [3.8, 4) is 0 Å². The molecule has 0 spiro atoms. The summed E-state index contributed by atoms with van der Waals surface area (Å²) in [5, 5.41) is 4.67. The van der Waals surface area contributed by atoms with Crippen LogP contribution in [0.5, 0.6) is 0 Å². The number of carbonyl (C=O) groups is 2. The minimum atomic E-state index is -0.544. The van der Waals surface area contributed by atoms with E-state index in [2.05, 4.69) is 21.2 Å². The summed E-state index contributed by atoms with van der Waals surface area (Å²) in [6.45, 7) is 1.82. The van der Waals surface area contributed by atoms with Crippen LogP contribution in [-0.4, -0.2) is 17.1 Å². The van der Waals surface area contributed by atoms with Crippen LogP contribution in [0.3, 0.4) is 0 Å². The highest BCUT2D eigenvalue weighted by atomic mass is 79.9. The molecule has 1 atom stereocenters. The number of thiophene rings is 1. The highest BCUT2D eigenvalue weighted by molar-refractivity contribution is 9.10. The standard InChI is InChI=1S/C14H13BrN2O2S2/c1-8(21-11-5-3-2-4-10(11)15)13(19)17-14-9(12(16)18)6-7-20-14/h2-8H,1H3,(H2,16,18)(H,17,19). The van der Waals surface area contributed by atoms with Crippen molar-refractivity contribution in [3.05, 3.63) is 45.7 Å². The molecular formula is C14H13BrN2O2S2. The zero-order chi connectivity index (χ0) is 15.4. The van der Waals surface area contributed by atoms with E-state index in [0.717, 1.165) is 9.37 Å². The Morgan fingerprint density at radius 1 is 1.33 bits per heavy atom. The summed E-state index contributed by atoms with van der Waals surface area (Å²) in [5.74, 6) is -0.710. The molecule has 1 heterocycles. The summed E-state index contributed by atoms with van der Waals surface area (Å²) in [7, 11) is 0. The lowest BCUT2D eigenvalue weighted by atomic mass is 10.3. The maximum Gasteiger partial charge on any atom is 0.251 e. The average molecular weight is 385 g/mol. The fourth-order valence-electron chi connectivity index (χ4n) is 1.60. The molecule has 0 fully saturated rings. The van der Waals surface area contributed by atoms with Crippen LogP contribution in [0.4, 0.5) is 5.00 Å². The normalized spacial score (nSPS) is 11.9. The van der Waals surface area contributed by atoms with Crippen molar-refractivity contribution >= 4 is 55.8 Å². The van der Waals surface area contributed by atoms with Gasteiger partial charge in [0.1, 0.15) is 5.00 Å². The molecule has 0 radical (unpaired) electrons. The molecule has 1 aromatic heterocycles. The number of anilines is 1. The zero-order valence-electron chi connectivity index (χ0n) is 11.1. The third-order valence-electron chi connectivity index (χ3n) is 2.68. The Bertz CT molecular complexity index is 672. The molecule has 1 unspecified atom stereocenters. The summed E-state index contributed by atoms with van der Waals surface area (Å²) < 4.78 is 0.948. The van der Waals surface area contributed by atoms with E-state index in [1.165, 1.54) is 23.1 Å². The van der Waals surface area contributed by atoms with Crippen molar-refractivity contribution in [3.63, 3.8) is 0 Å². The number of nitrogens with one attached hydrogen (secondary N) is 1. The number of nitrogens with two attached hydrogens (primary N) is 1. The molecule has 110 valence electrons. The number of benzene rings is 1. The van der Waals surface area contributed by atoms with Gasteiger partial charge in [-0.15, -0.1) is 23.1 Å². The van der Waals surface area contributed by atoms with Gasteiger partial charge in [0, 0.05) is 9.37 Å². The van der Waals surface area contributed by atoms with Gasteiger partial charge >= 0.3 is 0 Å². The van der Waals surface area contributed by atoms with Gasteiger partial charge in [0.25, 0.3) is 5.91 Å². The van der Waals surface area contributed by atoms with Crippen molar-refractivity contribution in [1.29, 1.82) is 0 Å². The lowest BCUT2D eigenvalue weighted by Gasteiger charge is -2.12. The SMILES string of the molecule is CC(Sc1ccccc1Br)C(=O)Nc1sccc1C(N)=O. The first kappa shape index (κ1) is 16.1. The van der Waals surface area contributed by atoms with Gasteiger partial charge in [-0.2, -0.15) is 0 Å². The van der Waals surface area contributed by atoms with Crippen molar-refractivity contribution in [2.45, 2.75) is 17.1 Å². The molecule has 0 aliphatic heterocycles. The Balaban J connectivity index is 2.05. The molecule has 2 rings (SSSR count). The van der Waals surface area contributed by atoms with E-state index >= 15 is 0 Å². The third kappa shape index (κ3) is 4.09. The zero-order valence-corrected chi connectivity index (χ0v) is 14.3. The van der Waals surface area contributed by atoms with E-state index in [0.29, 0.717) is 10.6 Å².